The molecule has 0 aliphatic carbocycles. The van der Waals surface area contributed by atoms with E-state index in [-0.39, 0.29) is 0 Å². The molecule has 94 valence electrons. The molecule has 0 spiro atoms. The van der Waals surface area contributed by atoms with E-state index in [0.29, 0.717) is 5.92 Å². The monoisotopic (exact) mass is 236 g/mol. The topological polar surface area (TPSA) is 53.7 Å². The third kappa shape index (κ3) is 3.06. The maximum atomic E-state index is 8.82. The Bertz CT molecular complexity index is 399. The normalized spacial score (nSPS) is 24.4. The fraction of sp³-hybridized carbons (Fsp3) is 0.667. The summed E-state index contributed by atoms with van der Waals surface area (Å²) in [5.41, 5.74) is 2.21. The Morgan fingerprint density at radius 3 is 3.00 bits per heavy atom. The van der Waals surface area contributed by atoms with Crippen LogP contribution in [0.5, 0.6) is 0 Å². The maximum absolute atomic E-state index is 8.82. The van der Waals surface area contributed by atoms with Gasteiger partial charge < -0.3 is 10.1 Å². The molecule has 1 fully saturated rings. The first kappa shape index (κ1) is 12.1. The molecule has 1 saturated heterocycles. The zero-order valence-electron chi connectivity index (χ0n) is 10.5. The highest BCUT2D eigenvalue weighted by Crippen LogP contribution is 2.14. The molecule has 1 unspecified atom stereocenters. The molecule has 0 radical (unpaired) electrons. The van der Waals surface area contributed by atoms with Crippen LogP contribution in [-0.4, -0.2) is 45.2 Å². The van der Waals surface area contributed by atoms with Crippen molar-refractivity contribution < 1.29 is 5.21 Å². The molecule has 1 aliphatic rings. The number of hydrogen-bond acceptors (Lipinski definition) is 4. The number of aryl methyl sites for hydroxylation is 1. The van der Waals surface area contributed by atoms with E-state index in [9.17, 15) is 0 Å². The summed E-state index contributed by atoms with van der Waals surface area (Å²) in [5, 5.41) is 16.3. The van der Waals surface area contributed by atoms with Gasteiger partial charge in [0.05, 0.1) is 11.9 Å². The van der Waals surface area contributed by atoms with Crippen molar-refractivity contribution in [3.63, 3.8) is 0 Å². The van der Waals surface area contributed by atoms with Crippen LogP contribution in [0.1, 0.15) is 18.9 Å². The Morgan fingerprint density at radius 2 is 2.41 bits per heavy atom. The molecule has 5 nitrogen and oxygen atoms in total. The number of aromatic nitrogens is 2. The summed E-state index contributed by atoms with van der Waals surface area (Å²) in [5.74, 6) is 0.364. The Labute approximate surface area is 102 Å². The molecule has 17 heavy (non-hydrogen) atoms. The van der Waals surface area contributed by atoms with Crippen molar-refractivity contribution in [3.8, 4) is 0 Å². The number of likely N-dealkylation sites (tertiary alicyclic amines) is 1. The average Bonchev–Trinajstić information content (AvgIpc) is 2.73. The second-order valence-corrected chi connectivity index (χ2v) is 4.82. The summed E-state index contributed by atoms with van der Waals surface area (Å²) >= 11 is 0. The molecular formula is C12H20N4O. The van der Waals surface area contributed by atoms with Crippen LogP contribution >= 0.6 is 0 Å². The van der Waals surface area contributed by atoms with Crippen molar-refractivity contribution in [2.24, 2.45) is 18.1 Å². The second-order valence-electron chi connectivity index (χ2n) is 4.82. The third-order valence-electron chi connectivity index (χ3n) is 3.39. The zero-order valence-corrected chi connectivity index (χ0v) is 10.5. The van der Waals surface area contributed by atoms with E-state index in [1.165, 1.54) is 5.56 Å². The minimum absolute atomic E-state index is 0.364. The maximum Gasteiger partial charge on any atom is 0.0624 e. The Morgan fingerprint density at radius 1 is 1.59 bits per heavy atom. The fourth-order valence-corrected chi connectivity index (χ4v) is 2.34. The number of nitrogens with zero attached hydrogens (tertiary/aromatic N) is 4. The molecule has 1 aromatic heterocycles. The van der Waals surface area contributed by atoms with Crippen LogP contribution in [0.2, 0.25) is 0 Å². The lowest BCUT2D eigenvalue weighted by Gasteiger charge is -2.31. The SMILES string of the molecule is CC1CN(CCc2cnn(C)c2)CCC1=NO. The third-order valence-corrected chi connectivity index (χ3v) is 3.39. The van der Waals surface area contributed by atoms with Crippen LogP contribution < -0.4 is 0 Å². The van der Waals surface area contributed by atoms with E-state index < -0.39 is 0 Å². The first-order valence-electron chi connectivity index (χ1n) is 6.09. The zero-order chi connectivity index (χ0) is 12.3. The highest BCUT2D eigenvalue weighted by molar-refractivity contribution is 5.86. The van der Waals surface area contributed by atoms with Gasteiger partial charge in [0.25, 0.3) is 0 Å². The van der Waals surface area contributed by atoms with Crippen molar-refractivity contribution in [3.05, 3.63) is 18.0 Å². The van der Waals surface area contributed by atoms with Gasteiger partial charge in [-0.15, -0.1) is 0 Å². The van der Waals surface area contributed by atoms with Gasteiger partial charge in [-0.05, 0) is 12.0 Å². The minimum Gasteiger partial charge on any atom is -0.411 e. The highest BCUT2D eigenvalue weighted by Gasteiger charge is 2.22. The van der Waals surface area contributed by atoms with Crippen LogP contribution in [0.3, 0.4) is 0 Å². The molecule has 0 aromatic carbocycles. The minimum atomic E-state index is 0.364. The molecule has 1 N–H and O–H groups in total. The summed E-state index contributed by atoms with van der Waals surface area (Å²) in [6.45, 7) is 5.14. The predicted octanol–water partition coefficient (Wildman–Crippen LogP) is 1.13. The second kappa shape index (κ2) is 5.31. The van der Waals surface area contributed by atoms with E-state index >= 15 is 0 Å². The van der Waals surface area contributed by atoms with Crippen LogP contribution in [0.15, 0.2) is 17.5 Å². The van der Waals surface area contributed by atoms with E-state index in [1.807, 2.05) is 17.9 Å². The van der Waals surface area contributed by atoms with Gasteiger partial charge in [0.15, 0.2) is 0 Å². The molecule has 1 aliphatic heterocycles. The molecule has 0 bridgehead atoms. The van der Waals surface area contributed by atoms with Crippen LogP contribution in [-0.2, 0) is 13.5 Å². The van der Waals surface area contributed by atoms with Crippen LogP contribution in [0, 0.1) is 5.92 Å². The summed E-state index contributed by atoms with van der Waals surface area (Å²) in [6, 6.07) is 0. The van der Waals surface area contributed by atoms with Gasteiger partial charge in [0, 0.05) is 45.2 Å². The quantitative estimate of drug-likeness (QED) is 0.632. The first-order valence-corrected chi connectivity index (χ1v) is 6.09. The van der Waals surface area contributed by atoms with Gasteiger partial charge >= 0.3 is 0 Å². The molecule has 2 heterocycles. The van der Waals surface area contributed by atoms with Gasteiger partial charge in [-0.25, -0.2) is 0 Å². The Kier molecular flexibility index (Phi) is 3.78. The van der Waals surface area contributed by atoms with Crippen molar-refractivity contribution in [1.29, 1.82) is 0 Å². The first-order chi connectivity index (χ1) is 8.19. The summed E-state index contributed by atoms with van der Waals surface area (Å²) in [4.78, 5) is 2.42. The molecule has 0 amide bonds. The van der Waals surface area contributed by atoms with Gasteiger partial charge in [0.2, 0.25) is 0 Å². The number of hydrogen-bond donors (Lipinski definition) is 1. The largest absolute Gasteiger partial charge is 0.411 e. The standard InChI is InChI=1S/C12H20N4O/c1-10-8-16(6-4-12(10)14-17)5-3-11-7-13-15(2)9-11/h7,9-10,17H,3-6,8H2,1-2H3. The van der Waals surface area contributed by atoms with E-state index in [4.69, 9.17) is 5.21 Å². The number of rotatable bonds is 3. The van der Waals surface area contributed by atoms with Gasteiger partial charge in [-0.2, -0.15) is 5.10 Å². The van der Waals surface area contributed by atoms with Crippen molar-refractivity contribution >= 4 is 5.71 Å². The molecule has 2 rings (SSSR count). The lowest BCUT2D eigenvalue weighted by atomic mass is 9.97. The van der Waals surface area contributed by atoms with Crippen molar-refractivity contribution in [1.82, 2.24) is 14.7 Å². The van der Waals surface area contributed by atoms with Gasteiger partial charge in [-0.1, -0.05) is 12.1 Å². The van der Waals surface area contributed by atoms with Gasteiger partial charge in [0.1, 0.15) is 0 Å². The summed E-state index contributed by atoms with van der Waals surface area (Å²) in [7, 11) is 1.94. The highest BCUT2D eigenvalue weighted by atomic mass is 16.4. The molecular weight excluding hydrogens is 216 g/mol. The average molecular weight is 236 g/mol. The number of piperidine rings is 1. The van der Waals surface area contributed by atoms with Crippen molar-refractivity contribution in [2.45, 2.75) is 19.8 Å². The van der Waals surface area contributed by atoms with E-state index in [2.05, 4.69) is 28.3 Å². The molecule has 5 heteroatoms. The summed E-state index contributed by atoms with van der Waals surface area (Å²) in [6.07, 6.45) is 5.90. The predicted molar refractivity (Wildman–Crippen MR) is 66.4 cm³/mol. The van der Waals surface area contributed by atoms with Crippen molar-refractivity contribution in [2.75, 3.05) is 19.6 Å². The van der Waals surface area contributed by atoms with Crippen LogP contribution in [0.25, 0.3) is 0 Å². The fourth-order valence-electron chi connectivity index (χ4n) is 2.34. The van der Waals surface area contributed by atoms with E-state index in [0.717, 1.165) is 38.2 Å². The molecule has 0 saturated carbocycles. The van der Waals surface area contributed by atoms with Gasteiger partial charge in [-0.3, -0.25) is 4.68 Å². The molecule has 1 atom stereocenters. The smallest absolute Gasteiger partial charge is 0.0624 e. The Balaban J connectivity index is 1.81. The number of oxime groups is 1. The summed E-state index contributed by atoms with van der Waals surface area (Å²) < 4.78 is 1.84. The lowest BCUT2D eigenvalue weighted by molar-refractivity contribution is 0.238. The lowest BCUT2D eigenvalue weighted by Crippen LogP contribution is -2.40. The molecule has 1 aromatic rings. The van der Waals surface area contributed by atoms with Crippen LogP contribution in [0.4, 0.5) is 0 Å². The Hall–Kier alpha value is -1.36. The van der Waals surface area contributed by atoms with E-state index in [1.54, 1.807) is 0 Å².